The maximum atomic E-state index is 13.6. The Morgan fingerprint density at radius 3 is 2.32 bits per heavy atom. The van der Waals surface area contributed by atoms with Crippen LogP contribution in [0.2, 0.25) is 0 Å². The van der Waals surface area contributed by atoms with Crippen molar-refractivity contribution in [3.05, 3.63) is 102 Å². The number of hydrogen-bond acceptors (Lipinski definition) is 4. The zero-order valence-corrected chi connectivity index (χ0v) is 19.5. The summed E-state index contributed by atoms with van der Waals surface area (Å²) in [6, 6.07) is 27.1. The summed E-state index contributed by atoms with van der Waals surface area (Å²) >= 11 is 0. The smallest absolute Gasteiger partial charge is 0.243 e. The van der Waals surface area contributed by atoms with Crippen molar-refractivity contribution in [2.45, 2.75) is 32.7 Å². The number of nitrogens with zero attached hydrogens (tertiary/aromatic N) is 1. The molecule has 0 saturated carbocycles. The minimum atomic E-state index is -0.363. The van der Waals surface area contributed by atoms with E-state index in [4.69, 9.17) is 0 Å². The van der Waals surface area contributed by atoms with E-state index in [1.807, 2.05) is 84.9 Å². The molecule has 0 unspecified atom stereocenters. The Morgan fingerprint density at radius 1 is 0.941 bits per heavy atom. The fourth-order valence-electron chi connectivity index (χ4n) is 5.09. The molecule has 0 fully saturated rings. The number of nitrogens with one attached hydrogen (secondary N) is 2. The van der Waals surface area contributed by atoms with Gasteiger partial charge in [-0.2, -0.15) is 0 Å². The molecule has 172 valence electrons. The number of ketones is 1. The average molecular weight is 452 g/mol. The molecule has 0 radical (unpaired) electrons. The predicted octanol–water partition coefficient (Wildman–Crippen LogP) is 5.94. The Hall–Kier alpha value is -3.86. The van der Waals surface area contributed by atoms with Gasteiger partial charge in [-0.1, -0.05) is 74.5 Å². The Morgan fingerprint density at radius 2 is 1.59 bits per heavy atom. The second-order valence-electron chi connectivity index (χ2n) is 9.83. The topological polar surface area (TPSA) is 61.4 Å². The molecule has 3 aromatic rings. The third-order valence-corrected chi connectivity index (χ3v) is 6.49. The molecule has 1 amide bonds. The summed E-state index contributed by atoms with van der Waals surface area (Å²) in [6.45, 7) is 4.38. The van der Waals surface area contributed by atoms with E-state index in [-0.39, 0.29) is 29.7 Å². The minimum Gasteiger partial charge on any atom is -0.357 e. The second-order valence-corrected chi connectivity index (χ2v) is 9.83. The molecule has 5 nitrogen and oxygen atoms in total. The summed E-state index contributed by atoms with van der Waals surface area (Å²) in [4.78, 5) is 28.9. The SMILES string of the molecule is CC1(C)CC(=O)C2=C(C1)Nc1ccccc1N(CC(=O)Nc1ccccc1)[C@H]2c1ccccc1. The molecule has 3 aromatic carbocycles. The summed E-state index contributed by atoms with van der Waals surface area (Å²) in [6.07, 6.45) is 1.26. The number of hydrogen-bond donors (Lipinski definition) is 2. The molecule has 0 spiro atoms. The molecule has 2 N–H and O–H groups in total. The van der Waals surface area contributed by atoms with Gasteiger partial charge in [0.15, 0.2) is 5.78 Å². The molecular formula is C29H29N3O2. The van der Waals surface area contributed by atoms with Crippen molar-refractivity contribution in [3.8, 4) is 0 Å². The lowest BCUT2D eigenvalue weighted by Gasteiger charge is -2.37. The van der Waals surface area contributed by atoms with Crippen LogP contribution in [0.1, 0.15) is 38.3 Å². The fraction of sp³-hybridized carbons (Fsp3) is 0.241. The average Bonchev–Trinajstić information content (AvgIpc) is 2.94. The van der Waals surface area contributed by atoms with Crippen LogP contribution < -0.4 is 15.5 Å². The molecule has 5 heteroatoms. The van der Waals surface area contributed by atoms with Crippen LogP contribution >= 0.6 is 0 Å². The Bertz CT molecular complexity index is 1250. The van der Waals surface area contributed by atoms with Crippen molar-refractivity contribution in [2.24, 2.45) is 5.41 Å². The summed E-state index contributed by atoms with van der Waals surface area (Å²) < 4.78 is 0. The zero-order valence-electron chi connectivity index (χ0n) is 19.5. The lowest BCUT2D eigenvalue weighted by molar-refractivity contribution is -0.119. The van der Waals surface area contributed by atoms with Gasteiger partial charge in [0.2, 0.25) is 5.91 Å². The van der Waals surface area contributed by atoms with E-state index >= 15 is 0 Å². The summed E-state index contributed by atoms with van der Waals surface area (Å²) in [7, 11) is 0. The Labute approximate surface area is 200 Å². The van der Waals surface area contributed by atoms with Crippen molar-refractivity contribution in [1.82, 2.24) is 0 Å². The van der Waals surface area contributed by atoms with E-state index in [2.05, 4.69) is 29.4 Å². The Balaban J connectivity index is 1.63. The van der Waals surface area contributed by atoms with Gasteiger partial charge in [0.25, 0.3) is 0 Å². The minimum absolute atomic E-state index is 0.112. The van der Waals surface area contributed by atoms with Gasteiger partial charge in [-0.05, 0) is 41.7 Å². The van der Waals surface area contributed by atoms with Crippen molar-refractivity contribution in [1.29, 1.82) is 0 Å². The maximum absolute atomic E-state index is 13.6. The third kappa shape index (κ3) is 4.34. The van der Waals surface area contributed by atoms with Gasteiger partial charge in [0.1, 0.15) is 0 Å². The first-order valence-corrected chi connectivity index (χ1v) is 11.7. The number of amides is 1. The number of para-hydroxylation sites is 3. The molecule has 34 heavy (non-hydrogen) atoms. The monoisotopic (exact) mass is 451 g/mol. The molecule has 1 aliphatic heterocycles. The van der Waals surface area contributed by atoms with E-state index in [0.29, 0.717) is 6.42 Å². The standard InChI is InChI=1S/C29H29N3O2/c1-29(2)17-23-27(25(33)18-29)28(20-11-5-3-6-12-20)32(24-16-10-9-15-22(24)31-23)19-26(34)30-21-13-7-4-8-14-21/h3-16,28,31H,17-19H2,1-2H3,(H,30,34)/t28-/m0/s1. The molecule has 5 rings (SSSR count). The largest absolute Gasteiger partial charge is 0.357 e. The highest BCUT2D eigenvalue weighted by Crippen LogP contribution is 2.48. The quantitative estimate of drug-likeness (QED) is 0.515. The first kappa shape index (κ1) is 22.0. The van der Waals surface area contributed by atoms with Crippen LogP contribution in [0.15, 0.2) is 96.2 Å². The lowest BCUT2D eigenvalue weighted by Crippen LogP contribution is -2.40. The highest BCUT2D eigenvalue weighted by molar-refractivity contribution is 6.02. The number of Topliss-reactive ketones (excluding diaryl/α,β-unsaturated/α-hetero) is 1. The van der Waals surface area contributed by atoms with Crippen LogP contribution in [0, 0.1) is 5.41 Å². The van der Waals surface area contributed by atoms with E-state index in [1.165, 1.54) is 0 Å². The number of allylic oxidation sites excluding steroid dienone is 1. The van der Waals surface area contributed by atoms with E-state index in [1.54, 1.807) is 0 Å². The number of carbonyl (C=O) groups excluding carboxylic acids is 2. The number of benzene rings is 3. The molecule has 0 saturated heterocycles. The van der Waals surface area contributed by atoms with Gasteiger partial charge < -0.3 is 15.5 Å². The van der Waals surface area contributed by atoms with Crippen LogP contribution in [0.5, 0.6) is 0 Å². The molecule has 0 bridgehead atoms. The van der Waals surface area contributed by atoms with Crippen LogP contribution in [0.25, 0.3) is 0 Å². The number of rotatable bonds is 4. The van der Waals surface area contributed by atoms with Crippen LogP contribution in [-0.2, 0) is 9.59 Å². The molecule has 2 aliphatic rings. The van der Waals surface area contributed by atoms with E-state index in [0.717, 1.165) is 40.3 Å². The summed E-state index contributed by atoms with van der Waals surface area (Å²) in [5.41, 5.74) is 5.14. The predicted molar refractivity (Wildman–Crippen MR) is 137 cm³/mol. The maximum Gasteiger partial charge on any atom is 0.243 e. The normalized spacial score (nSPS) is 18.9. The third-order valence-electron chi connectivity index (χ3n) is 6.49. The highest BCUT2D eigenvalue weighted by Gasteiger charge is 2.41. The van der Waals surface area contributed by atoms with Crippen LogP contribution in [-0.4, -0.2) is 18.2 Å². The highest BCUT2D eigenvalue weighted by atomic mass is 16.2. The van der Waals surface area contributed by atoms with Gasteiger partial charge in [0.05, 0.1) is 24.0 Å². The van der Waals surface area contributed by atoms with Gasteiger partial charge in [-0.15, -0.1) is 0 Å². The molecule has 1 aliphatic carbocycles. The lowest BCUT2D eigenvalue weighted by atomic mass is 9.73. The van der Waals surface area contributed by atoms with Crippen molar-refractivity contribution >= 4 is 28.8 Å². The first-order chi connectivity index (χ1) is 16.4. The Kier molecular flexibility index (Phi) is 5.70. The van der Waals surface area contributed by atoms with Crippen molar-refractivity contribution < 1.29 is 9.59 Å². The number of anilines is 3. The molecule has 1 atom stereocenters. The van der Waals surface area contributed by atoms with Crippen molar-refractivity contribution in [3.63, 3.8) is 0 Å². The number of fused-ring (bicyclic) bond motifs is 1. The molecule has 1 heterocycles. The fourth-order valence-corrected chi connectivity index (χ4v) is 5.09. The van der Waals surface area contributed by atoms with Gasteiger partial charge >= 0.3 is 0 Å². The summed E-state index contributed by atoms with van der Waals surface area (Å²) in [5, 5.41) is 6.59. The van der Waals surface area contributed by atoms with Gasteiger partial charge in [-0.25, -0.2) is 0 Å². The van der Waals surface area contributed by atoms with Crippen molar-refractivity contribution in [2.75, 3.05) is 22.1 Å². The van der Waals surface area contributed by atoms with Gasteiger partial charge in [-0.3, -0.25) is 9.59 Å². The van der Waals surface area contributed by atoms with E-state index in [9.17, 15) is 9.59 Å². The summed E-state index contributed by atoms with van der Waals surface area (Å²) in [5.74, 6) is 0.00319. The molecular weight excluding hydrogens is 422 g/mol. The van der Waals surface area contributed by atoms with E-state index < -0.39 is 0 Å². The zero-order chi connectivity index (χ0) is 23.7. The van der Waals surface area contributed by atoms with Gasteiger partial charge in [0, 0.05) is 23.4 Å². The first-order valence-electron chi connectivity index (χ1n) is 11.7. The van der Waals surface area contributed by atoms with Crippen LogP contribution in [0.3, 0.4) is 0 Å². The van der Waals surface area contributed by atoms with Crippen LogP contribution in [0.4, 0.5) is 17.1 Å². The molecule has 0 aromatic heterocycles. The second kappa shape index (κ2) is 8.82. The number of carbonyl (C=O) groups is 2.